The van der Waals surface area contributed by atoms with Crippen molar-refractivity contribution in [3.63, 3.8) is 0 Å². The summed E-state index contributed by atoms with van der Waals surface area (Å²) < 4.78 is 6.28. The molecule has 3 heterocycles. The van der Waals surface area contributed by atoms with Crippen LogP contribution in [0.1, 0.15) is 61.0 Å². The molecule has 0 radical (unpaired) electrons. The molecule has 2 saturated heterocycles. The number of rotatable bonds is 3. The van der Waals surface area contributed by atoms with Crippen molar-refractivity contribution in [2.24, 2.45) is 0 Å². The molecule has 2 atom stereocenters. The minimum absolute atomic E-state index is 0.0328. The van der Waals surface area contributed by atoms with Crippen molar-refractivity contribution in [1.82, 2.24) is 10.2 Å². The van der Waals surface area contributed by atoms with Gasteiger partial charge >= 0.3 is 0 Å². The predicted octanol–water partition coefficient (Wildman–Crippen LogP) is 5.64. The molecule has 5 heteroatoms. The van der Waals surface area contributed by atoms with E-state index in [1.54, 1.807) is 0 Å². The number of hydrogen-bond acceptors (Lipinski definition) is 3. The molecular weight excluding hydrogens is 396 g/mol. The van der Waals surface area contributed by atoms with E-state index in [0.29, 0.717) is 41.5 Å². The molecule has 30 heavy (non-hydrogen) atoms. The molecule has 0 aromatic heterocycles. The van der Waals surface area contributed by atoms with Gasteiger partial charge in [-0.25, -0.2) is 0 Å². The van der Waals surface area contributed by atoms with Crippen LogP contribution in [0, 0.1) is 0 Å². The number of amides is 1. The molecule has 3 aliphatic rings. The SMILES string of the molecule is CCN(CC)C(=O)c1ccc2c(c1)Oc1c(Cl)cccc1C2=C1CC2CCC(C1)N2. The van der Waals surface area contributed by atoms with Crippen LogP contribution in [0.5, 0.6) is 11.5 Å². The molecule has 2 unspecified atom stereocenters. The molecule has 0 saturated carbocycles. The van der Waals surface area contributed by atoms with E-state index in [9.17, 15) is 4.79 Å². The number of carbonyl (C=O) groups is 1. The first-order chi connectivity index (χ1) is 14.6. The Morgan fingerprint density at radius 3 is 2.53 bits per heavy atom. The minimum atomic E-state index is 0.0328. The van der Waals surface area contributed by atoms with Crippen LogP contribution >= 0.6 is 11.6 Å². The van der Waals surface area contributed by atoms with Gasteiger partial charge in [0.15, 0.2) is 5.75 Å². The van der Waals surface area contributed by atoms with E-state index >= 15 is 0 Å². The Morgan fingerprint density at radius 2 is 1.83 bits per heavy atom. The molecule has 156 valence electrons. The van der Waals surface area contributed by atoms with Gasteiger partial charge in [0, 0.05) is 41.9 Å². The lowest BCUT2D eigenvalue weighted by Crippen LogP contribution is -2.35. The fraction of sp³-hybridized carbons (Fsp3) is 0.400. The van der Waals surface area contributed by atoms with Crippen molar-refractivity contribution < 1.29 is 9.53 Å². The summed E-state index contributed by atoms with van der Waals surface area (Å²) in [6.07, 6.45) is 4.59. The number of para-hydroxylation sites is 1. The summed E-state index contributed by atoms with van der Waals surface area (Å²) in [7, 11) is 0. The summed E-state index contributed by atoms with van der Waals surface area (Å²) in [6.45, 7) is 5.38. The van der Waals surface area contributed by atoms with Crippen LogP contribution in [0.2, 0.25) is 5.02 Å². The molecule has 2 aromatic carbocycles. The number of hydrogen-bond donors (Lipinski definition) is 1. The number of nitrogens with zero attached hydrogens (tertiary/aromatic N) is 1. The van der Waals surface area contributed by atoms with Crippen molar-refractivity contribution in [2.45, 2.75) is 51.6 Å². The Bertz CT molecular complexity index is 1030. The van der Waals surface area contributed by atoms with Crippen molar-refractivity contribution in [2.75, 3.05) is 13.1 Å². The van der Waals surface area contributed by atoms with Gasteiger partial charge in [-0.1, -0.05) is 29.3 Å². The molecule has 2 bridgehead atoms. The standard InChI is InChI=1S/C25H27ClN2O2/c1-3-28(4-2)25(29)15-8-11-19-22(14-15)30-24-20(6-5-7-21(24)26)23(19)16-12-17-9-10-18(13-16)27-17/h5-8,11,14,17-18,27H,3-4,9-10,12-13H2,1-2H3. The summed E-state index contributed by atoms with van der Waals surface area (Å²) in [5.74, 6) is 1.46. The Balaban J connectivity index is 1.65. The van der Waals surface area contributed by atoms with Crippen LogP contribution < -0.4 is 10.1 Å². The highest BCUT2D eigenvalue weighted by atomic mass is 35.5. The van der Waals surface area contributed by atoms with E-state index in [1.165, 1.54) is 24.0 Å². The number of nitrogens with one attached hydrogen (secondary N) is 1. The third-order valence-corrected chi connectivity index (χ3v) is 6.97. The maximum absolute atomic E-state index is 12.9. The molecule has 2 aromatic rings. The van der Waals surface area contributed by atoms with Crippen molar-refractivity contribution in [1.29, 1.82) is 0 Å². The largest absolute Gasteiger partial charge is 0.454 e. The highest BCUT2D eigenvalue weighted by Crippen LogP contribution is 2.50. The first-order valence-electron chi connectivity index (χ1n) is 11.0. The lowest BCUT2D eigenvalue weighted by molar-refractivity contribution is 0.0772. The average Bonchev–Trinajstić information content (AvgIpc) is 3.10. The van der Waals surface area contributed by atoms with Gasteiger partial charge in [-0.2, -0.15) is 0 Å². The molecule has 0 aliphatic carbocycles. The number of fused-ring (bicyclic) bond motifs is 4. The zero-order chi connectivity index (χ0) is 20.8. The number of benzene rings is 2. The van der Waals surface area contributed by atoms with E-state index < -0.39 is 0 Å². The van der Waals surface area contributed by atoms with Crippen LogP contribution in [0.4, 0.5) is 0 Å². The molecule has 5 rings (SSSR count). The predicted molar refractivity (Wildman–Crippen MR) is 120 cm³/mol. The van der Waals surface area contributed by atoms with Gasteiger partial charge in [-0.05, 0) is 69.4 Å². The molecule has 3 aliphatic heterocycles. The van der Waals surface area contributed by atoms with Gasteiger partial charge < -0.3 is 15.0 Å². The number of halogens is 1. The Morgan fingerprint density at radius 1 is 1.10 bits per heavy atom. The summed E-state index contributed by atoms with van der Waals surface area (Å²) >= 11 is 6.55. The average molecular weight is 423 g/mol. The highest BCUT2D eigenvalue weighted by molar-refractivity contribution is 6.32. The molecule has 0 spiro atoms. The van der Waals surface area contributed by atoms with Crippen molar-refractivity contribution in [3.05, 3.63) is 63.7 Å². The van der Waals surface area contributed by atoms with Crippen LogP contribution in [0.25, 0.3) is 5.57 Å². The van der Waals surface area contributed by atoms with Crippen LogP contribution in [-0.4, -0.2) is 36.0 Å². The quantitative estimate of drug-likeness (QED) is 0.593. The molecule has 2 fully saturated rings. The van der Waals surface area contributed by atoms with Gasteiger partial charge in [-0.3, -0.25) is 4.79 Å². The summed E-state index contributed by atoms with van der Waals surface area (Å²) in [6, 6.07) is 13.0. The molecule has 1 amide bonds. The van der Waals surface area contributed by atoms with E-state index in [2.05, 4.69) is 17.4 Å². The maximum Gasteiger partial charge on any atom is 0.253 e. The van der Waals surface area contributed by atoms with E-state index in [-0.39, 0.29) is 5.91 Å². The second-order valence-electron chi connectivity index (χ2n) is 8.43. The van der Waals surface area contributed by atoms with Crippen LogP contribution in [0.15, 0.2) is 42.0 Å². The minimum Gasteiger partial charge on any atom is -0.454 e. The molecule has 1 N–H and O–H groups in total. The van der Waals surface area contributed by atoms with E-state index in [4.69, 9.17) is 16.3 Å². The lowest BCUT2D eigenvalue weighted by atomic mass is 9.84. The Labute approximate surface area is 182 Å². The highest BCUT2D eigenvalue weighted by Gasteiger charge is 2.35. The van der Waals surface area contributed by atoms with Gasteiger partial charge in [0.05, 0.1) is 5.02 Å². The zero-order valence-electron chi connectivity index (χ0n) is 17.5. The molecule has 4 nitrogen and oxygen atoms in total. The van der Waals surface area contributed by atoms with E-state index in [1.807, 2.05) is 43.0 Å². The number of ether oxygens (including phenoxy) is 1. The third-order valence-electron chi connectivity index (χ3n) is 6.67. The first-order valence-corrected chi connectivity index (χ1v) is 11.3. The van der Waals surface area contributed by atoms with Gasteiger partial charge in [0.1, 0.15) is 5.75 Å². The van der Waals surface area contributed by atoms with Crippen molar-refractivity contribution >= 4 is 23.1 Å². The Hall–Kier alpha value is -2.30. The maximum atomic E-state index is 12.9. The summed E-state index contributed by atoms with van der Waals surface area (Å²) in [5, 5.41) is 4.33. The number of carbonyl (C=O) groups excluding carboxylic acids is 1. The van der Waals surface area contributed by atoms with Gasteiger partial charge in [0.2, 0.25) is 0 Å². The fourth-order valence-electron chi connectivity index (χ4n) is 5.19. The van der Waals surface area contributed by atoms with Crippen LogP contribution in [0.3, 0.4) is 0 Å². The smallest absolute Gasteiger partial charge is 0.253 e. The van der Waals surface area contributed by atoms with Crippen molar-refractivity contribution in [3.8, 4) is 11.5 Å². The monoisotopic (exact) mass is 422 g/mol. The normalized spacial score (nSPS) is 21.7. The molecular formula is C25H27ClN2O2. The van der Waals surface area contributed by atoms with Gasteiger partial charge in [0.25, 0.3) is 5.91 Å². The number of piperidine rings is 1. The second-order valence-corrected chi connectivity index (χ2v) is 8.84. The summed E-state index contributed by atoms with van der Waals surface area (Å²) in [4.78, 5) is 14.7. The third kappa shape index (κ3) is 3.23. The zero-order valence-corrected chi connectivity index (χ0v) is 18.3. The second kappa shape index (κ2) is 7.75. The summed E-state index contributed by atoms with van der Waals surface area (Å²) in [5.41, 5.74) is 5.50. The van der Waals surface area contributed by atoms with Gasteiger partial charge in [-0.15, -0.1) is 0 Å². The Kier molecular flexibility index (Phi) is 5.08. The van der Waals surface area contributed by atoms with Crippen LogP contribution in [-0.2, 0) is 0 Å². The fourth-order valence-corrected chi connectivity index (χ4v) is 5.40. The topological polar surface area (TPSA) is 41.6 Å². The van der Waals surface area contributed by atoms with E-state index in [0.717, 1.165) is 29.7 Å². The lowest BCUT2D eigenvalue weighted by Gasteiger charge is -2.31. The first kappa shape index (κ1) is 19.7.